The smallest absolute Gasteiger partial charge is 0.224 e. The minimum absolute atomic E-state index is 0.0528. The van der Waals surface area contributed by atoms with Crippen molar-refractivity contribution < 1.29 is 18.4 Å². The number of fused-ring (bicyclic) bond motifs is 1. The molecule has 4 aromatic rings. The first-order valence-corrected chi connectivity index (χ1v) is 11.7. The van der Waals surface area contributed by atoms with Crippen LogP contribution in [-0.4, -0.2) is 16.7 Å². The number of nitriles is 1. The van der Waals surface area contributed by atoms with Gasteiger partial charge in [-0.3, -0.25) is 9.59 Å². The third-order valence-corrected chi connectivity index (χ3v) is 6.09. The predicted molar refractivity (Wildman–Crippen MR) is 136 cm³/mol. The summed E-state index contributed by atoms with van der Waals surface area (Å²) in [5.41, 5.74) is 8.25. The van der Waals surface area contributed by atoms with E-state index in [-0.39, 0.29) is 37.5 Å². The zero-order chi connectivity index (χ0) is 26.4. The molecule has 0 saturated heterocycles. The summed E-state index contributed by atoms with van der Waals surface area (Å²) >= 11 is 0. The Labute approximate surface area is 212 Å². The van der Waals surface area contributed by atoms with Crippen LogP contribution in [-0.2, 0) is 29.0 Å². The highest BCUT2D eigenvalue weighted by molar-refractivity contribution is 5.91. The molecule has 0 aliphatic carbocycles. The number of Topliss-reactive ketones (excluding diaryl/α,β-unsaturated/α-hetero) is 1. The number of benzene rings is 3. The van der Waals surface area contributed by atoms with Crippen LogP contribution in [0.4, 0.5) is 14.6 Å². The van der Waals surface area contributed by atoms with Gasteiger partial charge in [0.1, 0.15) is 11.6 Å². The number of hydrogen-bond donors (Lipinski definition) is 2. The number of nitrogens with one attached hydrogen (secondary N) is 1. The third-order valence-electron chi connectivity index (χ3n) is 6.09. The van der Waals surface area contributed by atoms with Gasteiger partial charge in [-0.25, -0.2) is 13.8 Å². The molecule has 1 aromatic heterocycles. The molecule has 0 saturated carbocycles. The summed E-state index contributed by atoms with van der Waals surface area (Å²) in [6.45, 7) is 0.212. The van der Waals surface area contributed by atoms with Crippen LogP contribution in [0.15, 0.2) is 72.9 Å². The Hall–Kier alpha value is -4.64. The fourth-order valence-corrected chi connectivity index (χ4v) is 4.23. The molecule has 4 rings (SSSR count). The van der Waals surface area contributed by atoms with Crippen LogP contribution in [0.25, 0.3) is 10.8 Å². The number of rotatable bonds is 9. The number of carbonyl (C=O) groups excluding carboxylic acids is 2. The highest BCUT2D eigenvalue weighted by Crippen LogP contribution is 2.21. The van der Waals surface area contributed by atoms with Gasteiger partial charge in [0, 0.05) is 36.9 Å². The number of carbonyl (C=O) groups is 2. The average Bonchev–Trinajstić information content (AvgIpc) is 2.89. The first kappa shape index (κ1) is 25.5. The average molecular weight is 499 g/mol. The zero-order valence-corrected chi connectivity index (χ0v) is 19.9. The third kappa shape index (κ3) is 6.53. The van der Waals surface area contributed by atoms with E-state index in [0.29, 0.717) is 22.5 Å². The van der Waals surface area contributed by atoms with E-state index in [9.17, 15) is 18.4 Å². The predicted octanol–water partition coefficient (Wildman–Crippen LogP) is 4.64. The second-order valence-corrected chi connectivity index (χ2v) is 8.85. The van der Waals surface area contributed by atoms with Crippen LogP contribution < -0.4 is 11.1 Å². The largest absolute Gasteiger partial charge is 0.383 e. The van der Waals surface area contributed by atoms with Gasteiger partial charge in [-0.15, -0.1) is 0 Å². The molecule has 1 amide bonds. The van der Waals surface area contributed by atoms with Gasteiger partial charge >= 0.3 is 0 Å². The van der Waals surface area contributed by atoms with E-state index in [1.165, 1.54) is 6.07 Å². The lowest BCUT2D eigenvalue weighted by atomic mass is 9.91. The number of anilines is 1. The normalized spacial score (nSPS) is 11.6. The van der Waals surface area contributed by atoms with Crippen LogP contribution in [0.3, 0.4) is 0 Å². The number of hydrogen-bond acceptors (Lipinski definition) is 5. The molecule has 0 radical (unpaired) electrons. The molecular weight excluding hydrogens is 474 g/mol. The summed E-state index contributed by atoms with van der Waals surface area (Å²) < 4.78 is 27.2. The molecule has 37 heavy (non-hydrogen) atoms. The topological polar surface area (TPSA) is 109 Å². The fraction of sp³-hybridized carbons (Fsp3) is 0.172. The molecule has 0 bridgehead atoms. The fourth-order valence-electron chi connectivity index (χ4n) is 4.23. The van der Waals surface area contributed by atoms with Crippen molar-refractivity contribution in [2.45, 2.75) is 25.8 Å². The van der Waals surface area contributed by atoms with Crippen molar-refractivity contribution in [1.82, 2.24) is 10.3 Å². The minimum Gasteiger partial charge on any atom is -0.383 e. The monoisotopic (exact) mass is 498 g/mol. The Balaban J connectivity index is 1.49. The molecule has 186 valence electrons. The van der Waals surface area contributed by atoms with E-state index < -0.39 is 17.6 Å². The maximum atomic E-state index is 13.8. The Bertz CT molecular complexity index is 1510. The molecule has 0 aliphatic heterocycles. The van der Waals surface area contributed by atoms with E-state index in [1.807, 2.05) is 30.3 Å². The first-order valence-electron chi connectivity index (χ1n) is 11.7. The molecule has 0 fully saturated rings. The molecule has 1 heterocycles. The number of pyridine rings is 1. The molecule has 3 aromatic carbocycles. The standard InChI is InChI=1S/C29H24F2N4O2/c30-26-7-5-19(14-27(26)31)11-23(15-24(36)13-18-2-1-3-20(10-18)16-32)29(37)35-17-21-4-6-25-22(12-21)8-9-34-28(25)33/h1-10,12,14,23H,11,13,15,17H2,(H2,33,34)(H,35,37)/t23-/m1/s1. The van der Waals surface area contributed by atoms with Crippen LogP contribution >= 0.6 is 0 Å². The van der Waals surface area contributed by atoms with Gasteiger partial charge < -0.3 is 11.1 Å². The van der Waals surface area contributed by atoms with E-state index >= 15 is 0 Å². The zero-order valence-electron chi connectivity index (χ0n) is 19.9. The van der Waals surface area contributed by atoms with Gasteiger partial charge in [0.15, 0.2) is 11.6 Å². The van der Waals surface area contributed by atoms with Crippen LogP contribution in [0.2, 0.25) is 0 Å². The Morgan fingerprint density at radius 2 is 1.78 bits per heavy atom. The number of nitrogens with two attached hydrogens (primary N) is 1. The summed E-state index contributed by atoms with van der Waals surface area (Å²) in [5.74, 6) is -2.95. The lowest BCUT2D eigenvalue weighted by molar-refractivity contribution is -0.129. The number of ketones is 1. The molecule has 1 atom stereocenters. The number of amides is 1. The summed E-state index contributed by atoms with van der Waals surface area (Å²) in [5, 5.41) is 13.6. The molecule has 6 nitrogen and oxygen atoms in total. The lowest BCUT2D eigenvalue weighted by Gasteiger charge is -2.17. The van der Waals surface area contributed by atoms with Crippen molar-refractivity contribution >= 4 is 28.3 Å². The highest BCUT2D eigenvalue weighted by atomic mass is 19.2. The maximum absolute atomic E-state index is 13.8. The molecule has 3 N–H and O–H groups in total. The van der Waals surface area contributed by atoms with E-state index in [2.05, 4.69) is 10.3 Å². The summed E-state index contributed by atoms with van der Waals surface area (Å²) in [7, 11) is 0. The molecule has 0 spiro atoms. The van der Waals surface area contributed by atoms with E-state index in [4.69, 9.17) is 11.0 Å². The summed E-state index contributed by atoms with van der Waals surface area (Å²) in [6, 6.07) is 19.6. The number of aromatic nitrogens is 1. The Morgan fingerprint density at radius 3 is 2.57 bits per heavy atom. The van der Waals surface area contributed by atoms with Crippen LogP contribution in [0.1, 0.15) is 28.7 Å². The highest BCUT2D eigenvalue weighted by Gasteiger charge is 2.23. The molecular formula is C29H24F2N4O2. The number of nitrogens with zero attached hydrogens (tertiary/aromatic N) is 2. The van der Waals surface area contributed by atoms with E-state index in [1.54, 1.807) is 30.5 Å². The quantitative estimate of drug-likeness (QED) is 0.349. The Morgan fingerprint density at radius 1 is 0.973 bits per heavy atom. The SMILES string of the molecule is N#Cc1cccc(CC(=O)C[C@@H](Cc2ccc(F)c(F)c2)C(=O)NCc2ccc3c(N)nccc3c2)c1. The van der Waals surface area contributed by atoms with Gasteiger partial charge in [-0.05, 0) is 64.9 Å². The van der Waals surface area contributed by atoms with Crippen LogP contribution in [0.5, 0.6) is 0 Å². The molecule has 8 heteroatoms. The summed E-state index contributed by atoms with van der Waals surface area (Å²) in [6.07, 6.45) is 1.63. The molecule has 0 aliphatic rings. The van der Waals surface area contributed by atoms with Crippen molar-refractivity contribution in [3.05, 3.63) is 107 Å². The second kappa shape index (κ2) is 11.4. The van der Waals surface area contributed by atoms with Gasteiger partial charge in [0.25, 0.3) is 0 Å². The van der Waals surface area contributed by atoms with Crippen molar-refractivity contribution in [1.29, 1.82) is 5.26 Å². The lowest BCUT2D eigenvalue weighted by Crippen LogP contribution is -2.33. The van der Waals surface area contributed by atoms with Gasteiger partial charge in [0.2, 0.25) is 5.91 Å². The van der Waals surface area contributed by atoms with Gasteiger partial charge in [-0.1, -0.05) is 30.3 Å². The van der Waals surface area contributed by atoms with Crippen LogP contribution in [0, 0.1) is 28.9 Å². The van der Waals surface area contributed by atoms with Crippen molar-refractivity contribution in [3.63, 3.8) is 0 Å². The number of halogens is 2. The second-order valence-electron chi connectivity index (χ2n) is 8.85. The first-order chi connectivity index (χ1) is 17.8. The van der Waals surface area contributed by atoms with E-state index in [0.717, 1.165) is 28.5 Å². The summed E-state index contributed by atoms with van der Waals surface area (Å²) in [4.78, 5) is 30.1. The van der Waals surface area contributed by atoms with Gasteiger partial charge in [0.05, 0.1) is 11.6 Å². The maximum Gasteiger partial charge on any atom is 0.224 e. The van der Waals surface area contributed by atoms with Gasteiger partial charge in [-0.2, -0.15) is 5.26 Å². The Kier molecular flexibility index (Phi) is 7.84. The van der Waals surface area contributed by atoms with Crippen molar-refractivity contribution in [2.24, 2.45) is 5.92 Å². The van der Waals surface area contributed by atoms with Crippen molar-refractivity contribution in [2.75, 3.05) is 5.73 Å². The minimum atomic E-state index is -1.01. The molecule has 0 unspecified atom stereocenters. The number of nitrogen functional groups attached to an aromatic ring is 1. The van der Waals surface area contributed by atoms with Crippen molar-refractivity contribution in [3.8, 4) is 6.07 Å².